The monoisotopic (exact) mass is 169 g/mol. The molecule has 0 saturated carbocycles. The number of likely N-dealkylation sites (N-methyl/N-ethyl adjacent to an activating group) is 1. The van der Waals surface area contributed by atoms with Gasteiger partial charge in [-0.15, -0.1) is 0 Å². The maximum Gasteiger partial charge on any atom is 0.0394 e. The first-order valence-electron chi connectivity index (χ1n) is 6.96. The molecule has 12 heavy (non-hydrogen) atoms. The Morgan fingerprint density at radius 2 is 2.00 bits per heavy atom. The highest BCUT2D eigenvalue weighted by Gasteiger charge is 2.04. The predicted molar refractivity (Wildman–Crippen MR) is 53.3 cm³/mol. The van der Waals surface area contributed by atoms with Gasteiger partial charge in [0.25, 0.3) is 0 Å². The SMILES string of the molecule is [2H]C([2H])([2H])N(C(C)Cc1ccccc1)C([2H])([2H])[2H]. The maximum atomic E-state index is 7.34. The molecule has 1 unspecified atom stereocenters. The zero-order chi connectivity index (χ0) is 14.0. The van der Waals surface area contributed by atoms with Crippen LogP contribution in [0.4, 0.5) is 0 Å². The van der Waals surface area contributed by atoms with Gasteiger partial charge in [0, 0.05) is 14.3 Å². The molecule has 1 rings (SSSR count). The molecule has 66 valence electrons. The predicted octanol–water partition coefficient (Wildman–Crippen LogP) is 2.18. The van der Waals surface area contributed by atoms with Gasteiger partial charge < -0.3 is 4.90 Å². The van der Waals surface area contributed by atoms with Crippen LogP contribution in [-0.2, 0) is 6.42 Å². The average Bonchev–Trinajstić information content (AvgIpc) is 2.13. The van der Waals surface area contributed by atoms with E-state index in [0.29, 0.717) is 11.3 Å². The molecule has 0 radical (unpaired) electrons. The molecule has 0 N–H and O–H groups in total. The molecule has 1 aromatic carbocycles. The summed E-state index contributed by atoms with van der Waals surface area (Å²) in [5.41, 5.74) is 0.920. The molecule has 0 aromatic heterocycles. The molecule has 0 aliphatic rings. The van der Waals surface area contributed by atoms with E-state index in [-0.39, 0.29) is 0 Å². The second-order valence-electron chi connectivity index (χ2n) is 2.91. The first-order chi connectivity index (χ1) is 8.12. The molecule has 0 amide bonds. The largest absolute Gasteiger partial charge is 0.306 e. The first kappa shape index (κ1) is 3.93. The average molecular weight is 169 g/mol. The van der Waals surface area contributed by atoms with Gasteiger partial charge in [-0.05, 0) is 32.9 Å². The van der Waals surface area contributed by atoms with E-state index in [1.165, 1.54) is 0 Å². The Kier molecular flexibility index (Phi) is 1.40. The van der Waals surface area contributed by atoms with E-state index < -0.39 is 20.0 Å². The van der Waals surface area contributed by atoms with Crippen molar-refractivity contribution in [3.8, 4) is 0 Å². The molecule has 0 fully saturated rings. The van der Waals surface area contributed by atoms with Crippen molar-refractivity contribution in [1.29, 1.82) is 0 Å². The van der Waals surface area contributed by atoms with Gasteiger partial charge in [0.1, 0.15) is 0 Å². The Balaban J connectivity index is 2.88. The van der Waals surface area contributed by atoms with Crippen LogP contribution in [0, 0.1) is 0 Å². The summed E-state index contributed by atoms with van der Waals surface area (Å²) in [6.45, 7) is -3.63. The third kappa shape index (κ3) is 2.67. The highest BCUT2D eigenvalue weighted by molar-refractivity contribution is 5.15. The van der Waals surface area contributed by atoms with E-state index in [1.807, 2.05) is 30.3 Å². The lowest BCUT2D eigenvalue weighted by Gasteiger charge is -2.19. The standard InChI is InChI=1S/C11H17N/c1-10(12(2)3)9-11-7-5-4-6-8-11/h4-8,10H,9H2,1-3H3/i2D3,3D3. The van der Waals surface area contributed by atoms with Gasteiger partial charge in [-0.25, -0.2) is 0 Å². The van der Waals surface area contributed by atoms with Crippen molar-refractivity contribution < 1.29 is 8.22 Å². The molecule has 1 nitrogen and oxygen atoms in total. The molecule has 1 heteroatoms. The zero-order valence-electron chi connectivity index (χ0n) is 13.1. The summed E-state index contributed by atoms with van der Waals surface area (Å²) < 4.78 is 44.0. The van der Waals surface area contributed by atoms with E-state index in [9.17, 15) is 0 Å². The van der Waals surface area contributed by atoms with Gasteiger partial charge >= 0.3 is 0 Å². The van der Waals surface area contributed by atoms with Gasteiger partial charge in [-0.2, -0.15) is 0 Å². The minimum Gasteiger partial charge on any atom is -0.306 e. The quantitative estimate of drug-likeness (QED) is 0.670. The summed E-state index contributed by atoms with van der Waals surface area (Å²) in [5, 5.41) is 0. The molecule has 0 aliphatic carbocycles. The summed E-state index contributed by atoms with van der Waals surface area (Å²) in [5.74, 6) is 0. The van der Waals surface area contributed by atoms with Crippen molar-refractivity contribution in [3.63, 3.8) is 0 Å². The lowest BCUT2D eigenvalue weighted by molar-refractivity contribution is 0.312. The first-order valence-corrected chi connectivity index (χ1v) is 3.96. The molecule has 0 bridgehead atoms. The molecule has 1 aromatic rings. The summed E-state index contributed by atoms with van der Waals surface area (Å²) in [7, 11) is 0. The Labute approximate surface area is 83.4 Å². The van der Waals surface area contributed by atoms with Crippen molar-refractivity contribution in [2.45, 2.75) is 19.4 Å². The summed E-state index contributed by atoms with van der Waals surface area (Å²) in [6.07, 6.45) is 0.387. The van der Waals surface area contributed by atoms with Crippen molar-refractivity contribution in [1.82, 2.24) is 4.90 Å². The van der Waals surface area contributed by atoms with Crippen molar-refractivity contribution in [2.75, 3.05) is 14.0 Å². The van der Waals surface area contributed by atoms with Crippen molar-refractivity contribution >= 4 is 0 Å². The lowest BCUT2D eigenvalue weighted by Crippen LogP contribution is -2.26. The molecule has 0 spiro atoms. The Morgan fingerprint density at radius 1 is 1.33 bits per heavy atom. The maximum absolute atomic E-state index is 7.34. The van der Waals surface area contributed by atoms with E-state index in [2.05, 4.69) is 0 Å². The lowest BCUT2D eigenvalue weighted by atomic mass is 10.1. The van der Waals surface area contributed by atoms with Gasteiger partial charge in [-0.1, -0.05) is 30.3 Å². The minimum atomic E-state index is -2.63. The normalized spacial score (nSPS) is 22.8. The Morgan fingerprint density at radius 3 is 2.58 bits per heavy atom. The van der Waals surface area contributed by atoms with Crippen LogP contribution >= 0.6 is 0 Å². The molecular formula is C11H17N. The van der Waals surface area contributed by atoms with E-state index >= 15 is 0 Å². The van der Waals surface area contributed by atoms with Crippen LogP contribution in [0.3, 0.4) is 0 Å². The third-order valence-electron chi connectivity index (χ3n) is 1.81. The third-order valence-corrected chi connectivity index (χ3v) is 1.81. The van der Waals surface area contributed by atoms with Gasteiger partial charge in [0.15, 0.2) is 0 Å². The molecule has 0 aliphatic heterocycles. The molecular weight excluding hydrogens is 146 g/mol. The molecule has 1 atom stereocenters. The highest BCUT2D eigenvalue weighted by atomic mass is 15.1. The highest BCUT2D eigenvalue weighted by Crippen LogP contribution is 2.05. The van der Waals surface area contributed by atoms with Gasteiger partial charge in [0.05, 0.1) is 0 Å². The zero-order valence-corrected chi connectivity index (χ0v) is 7.12. The van der Waals surface area contributed by atoms with Crippen molar-refractivity contribution in [3.05, 3.63) is 35.9 Å². The van der Waals surface area contributed by atoms with E-state index in [4.69, 9.17) is 8.22 Å². The number of rotatable bonds is 3. The van der Waals surface area contributed by atoms with Crippen LogP contribution in [0.15, 0.2) is 30.3 Å². The number of hydrogen-bond donors (Lipinski definition) is 0. The summed E-state index contributed by atoms with van der Waals surface area (Å²) in [4.78, 5) is 0.618. The second kappa shape index (κ2) is 4.27. The van der Waals surface area contributed by atoms with Gasteiger partial charge in [-0.3, -0.25) is 0 Å². The fraction of sp³-hybridized carbons (Fsp3) is 0.455. The fourth-order valence-corrected chi connectivity index (χ4v) is 1.05. The number of nitrogens with zero attached hydrogens (tertiary/aromatic N) is 1. The Bertz CT molecular complexity index is 355. The molecule has 0 heterocycles. The van der Waals surface area contributed by atoms with Crippen LogP contribution < -0.4 is 0 Å². The van der Waals surface area contributed by atoms with Crippen molar-refractivity contribution in [2.24, 2.45) is 0 Å². The van der Waals surface area contributed by atoms with E-state index in [1.54, 1.807) is 6.92 Å². The van der Waals surface area contributed by atoms with Crippen LogP contribution in [-0.4, -0.2) is 24.9 Å². The van der Waals surface area contributed by atoms with Crippen LogP contribution in [0.25, 0.3) is 0 Å². The topological polar surface area (TPSA) is 3.24 Å². The van der Waals surface area contributed by atoms with Crippen LogP contribution in [0.1, 0.15) is 20.7 Å². The fourth-order valence-electron chi connectivity index (χ4n) is 1.05. The number of hydrogen-bond acceptors (Lipinski definition) is 1. The molecule has 0 saturated heterocycles. The van der Waals surface area contributed by atoms with Gasteiger partial charge in [0.2, 0.25) is 0 Å². The van der Waals surface area contributed by atoms with Crippen LogP contribution in [0.5, 0.6) is 0 Å². The van der Waals surface area contributed by atoms with Crippen LogP contribution in [0.2, 0.25) is 0 Å². The smallest absolute Gasteiger partial charge is 0.0394 e. The summed E-state index contributed by atoms with van der Waals surface area (Å²) in [6, 6.07) is 8.67. The van der Waals surface area contributed by atoms with E-state index in [0.717, 1.165) is 5.56 Å². The number of benzene rings is 1. The second-order valence-corrected chi connectivity index (χ2v) is 2.91. The Hall–Kier alpha value is -0.820. The summed E-state index contributed by atoms with van der Waals surface area (Å²) >= 11 is 0. The minimum absolute atomic E-state index is 0.387.